The first-order valence-corrected chi connectivity index (χ1v) is 8.85. The lowest BCUT2D eigenvalue weighted by Crippen LogP contribution is -2.56. The average molecular weight is 357 g/mol. The van der Waals surface area contributed by atoms with Crippen LogP contribution >= 0.6 is 11.6 Å². The Morgan fingerprint density at radius 2 is 1.68 bits per heavy atom. The van der Waals surface area contributed by atoms with Crippen LogP contribution in [0, 0.1) is 0 Å². The summed E-state index contributed by atoms with van der Waals surface area (Å²) >= 11 is 6.07. The Balaban J connectivity index is 2.05. The highest BCUT2D eigenvalue weighted by Crippen LogP contribution is 2.35. The third kappa shape index (κ3) is 3.52. The molecule has 1 unspecified atom stereocenters. The van der Waals surface area contributed by atoms with E-state index in [1.807, 2.05) is 33.3 Å². The van der Waals surface area contributed by atoms with Crippen molar-refractivity contribution in [3.8, 4) is 0 Å². The minimum absolute atomic E-state index is 0.169. The second-order valence-corrected chi connectivity index (χ2v) is 6.67. The molecule has 1 aliphatic rings. The number of hydrogen-bond donors (Lipinski definition) is 3. The molecule has 1 aliphatic carbocycles. The lowest BCUT2D eigenvalue weighted by Gasteiger charge is -2.39. The first-order valence-electron chi connectivity index (χ1n) is 8.47. The number of rotatable bonds is 6. The third-order valence-corrected chi connectivity index (χ3v) is 5.16. The van der Waals surface area contributed by atoms with Gasteiger partial charge in [-0.1, -0.05) is 29.8 Å². The predicted molar refractivity (Wildman–Crippen MR) is 105 cm³/mol. The molecule has 0 bridgehead atoms. The van der Waals surface area contributed by atoms with Crippen LogP contribution in [0.15, 0.2) is 72.2 Å². The topological polar surface area (TPSA) is 41.0 Å². The monoisotopic (exact) mass is 356 g/mol. The van der Waals surface area contributed by atoms with E-state index in [0.717, 1.165) is 17.3 Å². The van der Waals surface area contributed by atoms with Gasteiger partial charge in [0.25, 0.3) is 0 Å². The van der Waals surface area contributed by atoms with Crippen LogP contribution in [0.2, 0.25) is 5.02 Å². The Hall–Kier alpha value is -2.01. The van der Waals surface area contributed by atoms with Gasteiger partial charge in [0.1, 0.15) is 5.66 Å². The first kappa shape index (κ1) is 17.8. The largest absolute Gasteiger partial charge is 0.391 e. The molecule has 25 heavy (non-hydrogen) atoms. The molecule has 3 rings (SSSR count). The molecule has 0 amide bonds. The van der Waals surface area contributed by atoms with Gasteiger partial charge in [-0.15, -0.1) is 0 Å². The molecule has 5 heteroatoms. The van der Waals surface area contributed by atoms with E-state index in [-0.39, 0.29) is 11.6 Å². The van der Waals surface area contributed by atoms with Crippen molar-refractivity contribution in [3.63, 3.8) is 0 Å². The molecule has 2 aromatic rings. The Morgan fingerprint density at radius 3 is 2.24 bits per heavy atom. The van der Waals surface area contributed by atoms with Gasteiger partial charge < -0.3 is 9.88 Å². The zero-order valence-electron chi connectivity index (χ0n) is 14.9. The standard InChI is InChI=1S/C20H25ClN4/c1-22-19-13-20(23-2,24-3)16(14-25-10-4-5-11-25)12-18(19)15-6-8-17(21)9-7-15/h4-13,18,22-24H,14H2,1-3H3. The number of benzene rings is 1. The zero-order valence-corrected chi connectivity index (χ0v) is 15.6. The van der Waals surface area contributed by atoms with Crippen LogP contribution in [-0.2, 0) is 6.54 Å². The van der Waals surface area contributed by atoms with Crippen molar-refractivity contribution in [3.05, 3.63) is 82.8 Å². The number of nitrogens with one attached hydrogen (secondary N) is 3. The molecule has 3 N–H and O–H groups in total. The fourth-order valence-electron chi connectivity index (χ4n) is 3.45. The molecule has 0 aliphatic heterocycles. The van der Waals surface area contributed by atoms with Crippen LogP contribution in [-0.4, -0.2) is 31.4 Å². The van der Waals surface area contributed by atoms with E-state index in [1.165, 1.54) is 11.1 Å². The smallest absolute Gasteiger partial charge is 0.113 e. The highest BCUT2D eigenvalue weighted by atomic mass is 35.5. The lowest BCUT2D eigenvalue weighted by atomic mass is 9.82. The van der Waals surface area contributed by atoms with Crippen LogP contribution < -0.4 is 16.0 Å². The first-order chi connectivity index (χ1) is 12.1. The molecular formula is C20H25ClN4. The second kappa shape index (κ2) is 7.48. The molecule has 0 saturated carbocycles. The highest BCUT2D eigenvalue weighted by molar-refractivity contribution is 6.30. The van der Waals surface area contributed by atoms with Gasteiger partial charge in [-0.2, -0.15) is 0 Å². The van der Waals surface area contributed by atoms with E-state index in [0.29, 0.717) is 0 Å². The number of nitrogens with zero attached hydrogens (tertiary/aromatic N) is 1. The van der Waals surface area contributed by atoms with Gasteiger partial charge in [0.05, 0.1) is 0 Å². The summed E-state index contributed by atoms with van der Waals surface area (Å²) in [5.41, 5.74) is 3.26. The molecule has 1 aromatic carbocycles. The molecule has 132 valence electrons. The minimum atomic E-state index is -0.383. The fourth-order valence-corrected chi connectivity index (χ4v) is 3.58. The number of hydrogen-bond acceptors (Lipinski definition) is 3. The predicted octanol–water partition coefficient (Wildman–Crippen LogP) is 3.10. The fraction of sp³-hybridized carbons (Fsp3) is 0.300. The van der Waals surface area contributed by atoms with E-state index < -0.39 is 0 Å². The van der Waals surface area contributed by atoms with Gasteiger partial charge in [-0.3, -0.25) is 10.6 Å². The van der Waals surface area contributed by atoms with E-state index in [9.17, 15) is 0 Å². The molecule has 1 heterocycles. The number of aromatic nitrogens is 1. The summed E-state index contributed by atoms with van der Waals surface area (Å²) in [5.74, 6) is 0.169. The van der Waals surface area contributed by atoms with E-state index in [2.05, 4.69) is 69.3 Å². The Bertz CT molecular complexity index is 756. The summed E-state index contributed by atoms with van der Waals surface area (Å²) < 4.78 is 2.19. The Kier molecular flexibility index (Phi) is 5.33. The van der Waals surface area contributed by atoms with Gasteiger partial charge >= 0.3 is 0 Å². The quantitative estimate of drug-likeness (QED) is 0.550. The Labute approximate surface area is 154 Å². The van der Waals surface area contributed by atoms with Gasteiger partial charge in [0.15, 0.2) is 0 Å². The molecule has 4 nitrogen and oxygen atoms in total. The number of halogens is 1. The second-order valence-electron chi connectivity index (χ2n) is 6.23. The van der Waals surface area contributed by atoms with Crippen LogP contribution in [0.25, 0.3) is 0 Å². The summed E-state index contributed by atoms with van der Waals surface area (Å²) in [6.07, 6.45) is 8.75. The maximum absolute atomic E-state index is 6.07. The van der Waals surface area contributed by atoms with Crippen molar-refractivity contribution in [2.45, 2.75) is 18.1 Å². The van der Waals surface area contributed by atoms with Crippen LogP contribution in [0.1, 0.15) is 11.5 Å². The summed E-state index contributed by atoms with van der Waals surface area (Å²) in [6, 6.07) is 12.2. The highest BCUT2D eigenvalue weighted by Gasteiger charge is 2.35. The van der Waals surface area contributed by atoms with Gasteiger partial charge in [-0.05, 0) is 55.6 Å². The summed E-state index contributed by atoms with van der Waals surface area (Å²) in [4.78, 5) is 0. The SMILES string of the molecule is CNC1=CC(NC)(NC)C(Cn2cccc2)=CC1c1ccc(Cl)cc1. The zero-order chi connectivity index (χ0) is 17.9. The van der Waals surface area contributed by atoms with Crippen molar-refractivity contribution < 1.29 is 0 Å². The third-order valence-electron chi connectivity index (χ3n) is 4.91. The molecular weight excluding hydrogens is 332 g/mol. The van der Waals surface area contributed by atoms with Crippen molar-refractivity contribution in [2.75, 3.05) is 21.1 Å². The van der Waals surface area contributed by atoms with Crippen LogP contribution in [0.5, 0.6) is 0 Å². The summed E-state index contributed by atoms with van der Waals surface area (Å²) in [6.45, 7) is 0.812. The number of likely N-dealkylation sites (N-methyl/N-ethyl adjacent to an activating group) is 3. The Morgan fingerprint density at radius 1 is 1.04 bits per heavy atom. The molecule has 0 spiro atoms. The maximum atomic E-state index is 6.07. The summed E-state index contributed by atoms with van der Waals surface area (Å²) in [7, 11) is 5.93. The molecule has 0 saturated heterocycles. The van der Waals surface area contributed by atoms with Gasteiger partial charge in [-0.25, -0.2) is 0 Å². The van der Waals surface area contributed by atoms with Gasteiger partial charge in [0, 0.05) is 42.6 Å². The van der Waals surface area contributed by atoms with E-state index in [1.54, 1.807) is 0 Å². The minimum Gasteiger partial charge on any atom is -0.391 e. The molecule has 0 fully saturated rings. The average Bonchev–Trinajstić information content (AvgIpc) is 3.15. The van der Waals surface area contributed by atoms with Crippen LogP contribution in [0.3, 0.4) is 0 Å². The van der Waals surface area contributed by atoms with Crippen molar-refractivity contribution in [2.24, 2.45) is 0 Å². The number of allylic oxidation sites excluding steroid dienone is 1. The molecule has 0 radical (unpaired) electrons. The summed E-state index contributed by atoms with van der Waals surface area (Å²) in [5, 5.41) is 11.0. The lowest BCUT2D eigenvalue weighted by molar-refractivity contribution is 0.403. The van der Waals surface area contributed by atoms with Crippen molar-refractivity contribution >= 4 is 11.6 Å². The van der Waals surface area contributed by atoms with Crippen molar-refractivity contribution in [1.29, 1.82) is 0 Å². The molecule has 1 aromatic heterocycles. The van der Waals surface area contributed by atoms with E-state index >= 15 is 0 Å². The maximum Gasteiger partial charge on any atom is 0.113 e. The van der Waals surface area contributed by atoms with Gasteiger partial charge in [0.2, 0.25) is 0 Å². The van der Waals surface area contributed by atoms with Crippen LogP contribution in [0.4, 0.5) is 0 Å². The molecule has 1 atom stereocenters. The normalized spacial score (nSPS) is 19.3. The van der Waals surface area contributed by atoms with E-state index in [4.69, 9.17) is 11.6 Å². The van der Waals surface area contributed by atoms with Crippen molar-refractivity contribution in [1.82, 2.24) is 20.5 Å².